The van der Waals surface area contributed by atoms with Crippen LogP contribution in [0.5, 0.6) is 5.75 Å². The molecule has 0 atom stereocenters. The van der Waals surface area contributed by atoms with Gasteiger partial charge in [0.15, 0.2) is 4.67 Å². The molecule has 2 N–H and O–H groups in total. The first-order valence-electron chi connectivity index (χ1n) is 4.96. The van der Waals surface area contributed by atoms with E-state index in [1.165, 1.54) is 6.26 Å². The molecule has 0 fully saturated rings. The molecule has 0 radical (unpaired) electrons. The summed E-state index contributed by atoms with van der Waals surface area (Å²) in [6.45, 7) is 0.352. The summed E-state index contributed by atoms with van der Waals surface area (Å²) in [5.41, 5.74) is 1.28. The van der Waals surface area contributed by atoms with Gasteiger partial charge in [0.2, 0.25) is 0 Å². The fourth-order valence-corrected chi connectivity index (χ4v) is 1.82. The molecule has 4 nitrogen and oxygen atoms in total. The largest absolute Gasteiger partial charge is 0.508 e. The van der Waals surface area contributed by atoms with Crippen LogP contribution in [-0.2, 0) is 6.54 Å². The Morgan fingerprint density at radius 2 is 2.24 bits per heavy atom. The quantitative estimate of drug-likeness (QED) is 0.915. The van der Waals surface area contributed by atoms with E-state index in [-0.39, 0.29) is 11.7 Å². The van der Waals surface area contributed by atoms with E-state index in [1.807, 2.05) is 6.07 Å². The van der Waals surface area contributed by atoms with E-state index >= 15 is 0 Å². The SMILES string of the molecule is O=C(NCc1cccc(O)c1)c1ccoc1Br. The molecule has 2 rings (SSSR count). The number of phenols is 1. The second-order valence-electron chi connectivity index (χ2n) is 3.46. The van der Waals surface area contributed by atoms with Gasteiger partial charge in [0.1, 0.15) is 5.75 Å². The summed E-state index contributed by atoms with van der Waals surface area (Å²) in [5.74, 6) is -0.0461. The van der Waals surface area contributed by atoms with Crippen molar-refractivity contribution in [3.63, 3.8) is 0 Å². The van der Waals surface area contributed by atoms with Crippen molar-refractivity contribution in [3.05, 3.63) is 52.4 Å². The highest BCUT2D eigenvalue weighted by atomic mass is 79.9. The third-order valence-electron chi connectivity index (χ3n) is 2.23. The van der Waals surface area contributed by atoms with Crippen molar-refractivity contribution in [1.29, 1.82) is 0 Å². The number of rotatable bonds is 3. The van der Waals surface area contributed by atoms with Gasteiger partial charge in [-0.2, -0.15) is 0 Å². The van der Waals surface area contributed by atoms with E-state index in [2.05, 4.69) is 21.2 Å². The van der Waals surface area contributed by atoms with E-state index in [1.54, 1.807) is 24.3 Å². The van der Waals surface area contributed by atoms with Gasteiger partial charge in [-0.05, 0) is 39.7 Å². The summed E-state index contributed by atoms with van der Waals surface area (Å²) in [7, 11) is 0. The van der Waals surface area contributed by atoms with Gasteiger partial charge in [-0.1, -0.05) is 12.1 Å². The molecule has 0 unspecified atom stereocenters. The number of carbonyl (C=O) groups excluding carboxylic acids is 1. The standard InChI is InChI=1S/C12H10BrNO3/c13-11-10(4-5-17-11)12(16)14-7-8-2-1-3-9(15)6-8/h1-6,15H,7H2,(H,14,16). The number of amides is 1. The second kappa shape index (κ2) is 5.05. The van der Waals surface area contributed by atoms with Crippen LogP contribution in [0.15, 0.2) is 45.7 Å². The van der Waals surface area contributed by atoms with Crippen LogP contribution in [0.4, 0.5) is 0 Å². The zero-order valence-electron chi connectivity index (χ0n) is 8.81. The summed E-state index contributed by atoms with van der Waals surface area (Å²) < 4.78 is 5.38. The molecule has 1 aromatic carbocycles. The highest BCUT2D eigenvalue weighted by Crippen LogP contribution is 2.17. The summed E-state index contributed by atoms with van der Waals surface area (Å²) in [6, 6.07) is 8.32. The number of halogens is 1. The molecule has 5 heteroatoms. The van der Waals surface area contributed by atoms with Gasteiger partial charge in [0, 0.05) is 6.54 Å². The molecule has 0 saturated heterocycles. The van der Waals surface area contributed by atoms with Gasteiger partial charge in [-0.25, -0.2) is 0 Å². The van der Waals surface area contributed by atoms with Crippen molar-refractivity contribution >= 4 is 21.8 Å². The van der Waals surface area contributed by atoms with Gasteiger partial charge >= 0.3 is 0 Å². The van der Waals surface area contributed by atoms with Crippen molar-refractivity contribution in [2.45, 2.75) is 6.54 Å². The highest BCUT2D eigenvalue weighted by molar-refractivity contribution is 9.10. The highest BCUT2D eigenvalue weighted by Gasteiger charge is 2.11. The topological polar surface area (TPSA) is 62.5 Å². The van der Waals surface area contributed by atoms with Crippen molar-refractivity contribution < 1.29 is 14.3 Å². The van der Waals surface area contributed by atoms with E-state index < -0.39 is 0 Å². The first-order chi connectivity index (χ1) is 8.16. The maximum atomic E-state index is 11.7. The van der Waals surface area contributed by atoms with E-state index in [9.17, 15) is 9.90 Å². The number of aromatic hydroxyl groups is 1. The minimum atomic E-state index is -0.228. The van der Waals surface area contributed by atoms with Gasteiger partial charge in [-0.3, -0.25) is 4.79 Å². The monoisotopic (exact) mass is 295 g/mol. The zero-order valence-corrected chi connectivity index (χ0v) is 10.4. The number of hydrogen-bond acceptors (Lipinski definition) is 3. The van der Waals surface area contributed by atoms with Crippen molar-refractivity contribution in [3.8, 4) is 5.75 Å². The molecule has 1 aromatic heterocycles. The Balaban J connectivity index is 1.99. The van der Waals surface area contributed by atoms with Crippen LogP contribution in [0.2, 0.25) is 0 Å². The van der Waals surface area contributed by atoms with Crippen LogP contribution < -0.4 is 5.32 Å². The van der Waals surface area contributed by atoms with Gasteiger partial charge < -0.3 is 14.8 Å². The Hall–Kier alpha value is -1.75. The van der Waals surface area contributed by atoms with E-state index in [0.29, 0.717) is 16.8 Å². The molecular weight excluding hydrogens is 286 g/mol. The molecule has 88 valence electrons. The van der Waals surface area contributed by atoms with Crippen molar-refractivity contribution in [2.24, 2.45) is 0 Å². The maximum absolute atomic E-state index is 11.7. The average Bonchev–Trinajstić information content (AvgIpc) is 2.72. The fourth-order valence-electron chi connectivity index (χ4n) is 1.40. The molecule has 0 aliphatic heterocycles. The molecule has 1 amide bonds. The number of furan rings is 1. The van der Waals surface area contributed by atoms with Crippen molar-refractivity contribution in [1.82, 2.24) is 5.32 Å². The summed E-state index contributed by atoms with van der Waals surface area (Å²) >= 11 is 3.14. The van der Waals surface area contributed by atoms with Crippen LogP contribution in [0.1, 0.15) is 15.9 Å². The Bertz CT molecular complexity index is 536. The second-order valence-corrected chi connectivity index (χ2v) is 4.18. The molecule has 0 saturated carbocycles. The van der Waals surface area contributed by atoms with Crippen LogP contribution in [0.25, 0.3) is 0 Å². The number of benzene rings is 1. The molecule has 0 bridgehead atoms. The summed E-state index contributed by atoms with van der Waals surface area (Å²) in [4.78, 5) is 11.7. The van der Waals surface area contributed by atoms with Crippen LogP contribution in [-0.4, -0.2) is 11.0 Å². The number of nitrogens with one attached hydrogen (secondary N) is 1. The molecule has 1 heterocycles. The van der Waals surface area contributed by atoms with Crippen LogP contribution >= 0.6 is 15.9 Å². The predicted octanol–water partition coefficient (Wildman–Crippen LogP) is 2.68. The lowest BCUT2D eigenvalue weighted by molar-refractivity contribution is 0.0949. The average molecular weight is 296 g/mol. The normalized spacial score (nSPS) is 10.2. The Labute approximate surface area is 106 Å². The fraction of sp³-hybridized carbons (Fsp3) is 0.0833. The third kappa shape index (κ3) is 2.88. The number of carbonyl (C=O) groups is 1. The summed E-state index contributed by atoms with van der Waals surface area (Å²) in [5, 5.41) is 12.0. The Morgan fingerprint density at radius 1 is 1.41 bits per heavy atom. The molecule has 17 heavy (non-hydrogen) atoms. The van der Waals surface area contributed by atoms with Crippen LogP contribution in [0.3, 0.4) is 0 Å². The third-order valence-corrected chi connectivity index (χ3v) is 2.84. The van der Waals surface area contributed by atoms with E-state index in [0.717, 1.165) is 5.56 Å². The first kappa shape index (κ1) is 11.7. The molecule has 2 aromatic rings. The zero-order chi connectivity index (χ0) is 12.3. The first-order valence-corrected chi connectivity index (χ1v) is 5.75. The number of hydrogen-bond donors (Lipinski definition) is 2. The minimum absolute atomic E-state index is 0.182. The van der Waals surface area contributed by atoms with Crippen LogP contribution in [0, 0.1) is 0 Å². The molecular formula is C12H10BrNO3. The maximum Gasteiger partial charge on any atom is 0.256 e. The molecule has 0 aliphatic rings. The smallest absolute Gasteiger partial charge is 0.256 e. The van der Waals surface area contributed by atoms with E-state index in [4.69, 9.17) is 4.42 Å². The lowest BCUT2D eigenvalue weighted by Crippen LogP contribution is -2.22. The Morgan fingerprint density at radius 3 is 2.88 bits per heavy atom. The summed E-state index contributed by atoms with van der Waals surface area (Å²) in [6.07, 6.45) is 1.44. The lowest BCUT2D eigenvalue weighted by Gasteiger charge is -2.04. The van der Waals surface area contributed by atoms with Gasteiger partial charge in [0.05, 0.1) is 11.8 Å². The molecule has 0 aliphatic carbocycles. The molecule has 0 spiro atoms. The lowest BCUT2D eigenvalue weighted by atomic mass is 10.2. The van der Waals surface area contributed by atoms with Gasteiger partial charge in [0.25, 0.3) is 5.91 Å². The number of phenolic OH excluding ortho intramolecular Hbond substituents is 1. The van der Waals surface area contributed by atoms with Gasteiger partial charge in [-0.15, -0.1) is 0 Å². The minimum Gasteiger partial charge on any atom is -0.508 e. The predicted molar refractivity (Wildman–Crippen MR) is 65.7 cm³/mol. The van der Waals surface area contributed by atoms with Crippen molar-refractivity contribution in [2.75, 3.05) is 0 Å². The Kier molecular flexibility index (Phi) is 3.49.